The van der Waals surface area contributed by atoms with E-state index in [0.29, 0.717) is 0 Å². The molecule has 4 nitrogen and oxygen atoms in total. The predicted molar refractivity (Wildman–Crippen MR) is 90.9 cm³/mol. The van der Waals surface area contributed by atoms with Crippen LogP contribution >= 0.6 is 15.9 Å². The van der Waals surface area contributed by atoms with Crippen LogP contribution in [0.25, 0.3) is 0 Å². The normalized spacial score (nSPS) is 18.4. The number of benzene rings is 1. The first-order valence-electron chi connectivity index (χ1n) is 7.53. The summed E-state index contributed by atoms with van der Waals surface area (Å²) in [5.41, 5.74) is 2.16. The molecule has 0 bridgehead atoms. The Kier molecular flexibility index (Phi) is 6.21. The number of halogens is 1. The molecule has 0 spiro atoms. The van der Waals surface area contributed by atoms with Gasteiger partial charge in [0.2, 0.25) is 5.91 Å². The number of piperazine rings is 1. The number of alkyl halides is 1. The van der Waals surface area contributed by atoms with Crippen molar-refractivity contribution >= 4 is 27.5 Å². The Hall–Kier alpha value is -0.910. The minimum atomic E-state index is -0.123. The molecule has 1 heterocycles. The van der Waals surface area contributed by atoms with Crippen LogP contribution in [0.4, 0.5) is 5.69 Å². The van der Waals surface area contributed by atoms with Gasteiger partial charge in [-0.3, -0.25) is 9.69 Å². The molecule has 5 heteroatoms. The number of nitrogens with zero attached hydrogens (tertiary/aromatic N) is 2. The quantitative estimate of drug-likeness (QED) is 0.826. The number of hydrogen-bond donors (Lipinski definition) is 1. The fourth-order valence-electron chi connectivity index (χ4n) is 2.36. The molecule has 1 atom stereocenters. The van der Waals surface area contributed by atoms with Gasteiger partial charge >= 0.3 is 0 Å². The van der Waals surface area contributed by atoms with E-state index >= 15 is 0 Å². The summed E-state index contributed by atoms with van der Waals surface area (Å²) in [6.07, 6.45) is 0.785. The second-order valence-corrected chi connectivity index (χ2v) is 6.75. The van der Waals surface area contributed by atoms with Crippen LogP contribution < -0.4 is 5.32 Å². The number of carbonyl (C=O) groups is 1. The molecular formula is C16H24BrN3O. The first kappa shape index (κ1) is 16.5. The van der Waals surface area contributed by atoms with E-state index in [2.05, 4.69) is 50.2 Å². The fraction of sp³-hybridized carbons (Fsp3) is 0.562. The van der Waals surface area contributed by atoms with Gasteiger partial charge in [0.25, 0.3) is 0 Å². The van der Waals surface area contributed by atoms with Gasteiger partial charge in [-0.1, -0.05) is 35.0 Å². The van der Waals surface area contributed by atoms with Crippen LogP contribution in [0.15, 0.2) is 24.3 Å². The van der Waals surface area contributed by atoms with Gasteiger partial charge in [0.15, 0.2) is 0 Å². The van der Waals surface area contributed by atoms with Crippen molar-refractivity contribution < 1.29 is 4.79 Å². The summed E-state index contributed by atoms with van der Waals surface area (Å²) in [6.45, 7) is 7.49. The van der Waals surface area contributed by atoms with Crippen molar-refractivity contribution in [3.05, 3.63) is 29.8 Å². The smallest absolute Gasteiger partial charge is 0.238 e. The first-order chi connectivity index (χ1) is 10.1. The lowest BCUT2D eigenvalue weighted by atomic mass is 10.1. The van der Waals surface area contributed by atoms with Crippen LogP contribution in [-0.4, -0.2) is 53.8 Å². The Balaban J connectivity index is 1.85. The molecule has 1 aliphatic rings. The standard InChI is InChI=1S/C16H24BrN3O/c1-3-15(17)16(21)18-14-6-4-13(5-7-14)12-20-10-8-19(2)9-11-20/h4-7,15H,3,8-12H2,1-2H3,(H,18,21). The highest BCUT2D eigenvalue weighted by Crippen LogP contribution is 2.14. The zero-order valence-electron chi connectivity index (χ0n) is 12.8. The van der Waals surface area contributed by atoms with E-state index in [-0.39, 0.29) is 10.7 Å². The molecule has 0 aromatic heterocycles. The lowest BCUT2D eigenvalue weighted by Crippen LogP contribution is -2.43. The summed E-state index contributed by atoms with van der Waals surface area (Å²) in [4.78, 5) is 16.5. The van der Waals surface area contributed by atoms with Crippen LogP contribution in [0.1, 0.15) is 18.9 Å². The van der Waals surface area contributed by atoms with E-state index in [4.69, 9.17) is 0 Å². The van der Waals surface area contributed by atoms with Crippen LogP contribution in [0.3, 0.4) is 0 Å². The van der Waals surface area contributed by atoms with Gasteiger partial charge in [0.05, 0.1) is 4.83 Å². The predicted octanol–water partition coefficient (Wildman–Crippen LogP) is 2.55. The average Bonchev–Trinajstić information content (AvgIpc) is 2.50. The largest absolute Gasteiger partial charge is 0.325 e. The highest BCUT2D eigenvalue weighted by molar-refractivity contribution is 9.10. The number of amides is 1. The zero-order valence-corrected chi connectivity index (χ0v) is 14.4. The number of likely N-dealkylation sites (N-methyl/N-ethyl adjacent to an activating group) is 1. The maximum Gasteiger partial charge on any atom is 0.238 e. The Bertz CT molecular complexity index is 455. The molecule has 1 aromatic carbocycles. The molecule has 116 valence electrons. The third-order valence-corrected chi connectivity index (χ3v) is 4.93. The van der Waals surface area contributed by atoms with Crippen LogP contribution in [0.2, 0.25) is 0 Å². The van der Waals surface area contributed by atoms with Crippen LogP contribution in [0.5, 0.6) is 0 Å². The van der Waals surface area contributed by atoms with E-state index in [1.165, 1.54) is 5.56 Å². The Morgan fingerprint density at radius 1 is 1.24 bits per heavy atom. The summed E-state index contributed by atoms with van der Waals surface area (Å²) >= 11 is 3.36. The average molecular weight is 354 g/mol. The minimum absolute atomic E-state index is 0.0179. The fourth-order valence-corrected chi connectivity index (χ4v) is 2.48. The van der Waals surface area contributed by atoms with Crippen molar-refractivity contribution in [2.45, 2.75) is 24.7 Å². The van der Waals surface area contributed by atoms with Crippen LogP contribution in [0, 0.1) is 0 Å². The van der Waals surface area contributed by atoms with Gasteiger partial charge in [-0.25, -0.2) is 0 Å². The van der Waals surface area contributed by atoms with E-state index in [1.54, 1.807) is 0 Å². The lowest BCUT2D eigenvalue weighted by molar-refractivity contribution is -0.115. The molecule has 1 N–H and O–H groups in total. The maximum atomic E-state index is 11.8. The monoisotopic (exact) mass is 353 g/mol. The molecule has 1 aliphatic heterocycles. The third kappa shape index (κ3) is 5.09. The summed E-state index contributed by atoms with van der Waals surface area (Å²) in [5.74, 6) is 0.0179. The zero-order chi connectivity index (χ0) is 15.2. The lowest BCUT2D eigenvalue weighted by Gasteiger charge is -2.32. The third-order valence-electron chi connectivity index (χ3n) is 3.87. The molecule has 1 unspecified atom stereocenters. The molecule has 1 amide bonds. The van der Waals surface area contributed by atoms with Gasteiger partial charge < -0.3 is 10.2 Å². The second kappa shape index (κ2) is 7.92. The van der Waals surface area contributed by atoms with Crippen molar-refractivity contribution in [3.8, 4) is 0 Å². The first-order valence-corrected chi connectivity index (χ1v) is 8.45. The van der Waals surface area contributed by atoms with E-state index in [1.807, 2.05) is 19.1 Å². The molecule has 0 radical (unpaired) electrons. The Morgan fingerprint density at radius 3 is 2.43 bits per heavy atom. The van der Waals surface area contributed by atoms with Gasteiger partial charge in [-0.05, 0) is 31.2 Å². The molecule has 1 fully saturated rings. The van der Waals surface area contributed by atoms with Crippen LogP contribution in [-0.2, 0) is 11.3 Å². The highest BCUT2D eigenvalue weighted by atomic mass is 79.9. The molecule has 1 aromatic rings. The summed E-state index contributed by atoms with van der Waals surface area (Å²) in [7, 11) is 2.17. The molecule has 21 heavy (non-hydrogen) atoms. The van der Waals surface area contributed by atoms with E-state index < -0.39 is 0 Å². The number of rotatable bonds is 5. The summed E-state index contributed by atoms with van der Waals surface area (Å²) in [6, 6.07) is 8.17. The molecular weight excluding hydrogens is 330 g/mol. The Labute approximate surface area is 135 Å². The topological polar surface area (TPSA) is 35.6 Å². The van der Waals surface area contributed by atoms with E-state index in [0.717, 1.165) is 44.8 Å². The van der Waals surface area contributed by atoms with Crippen molar-refractivity contribution in [1.82, 2.24) is 9.80 Å². The highest BCUT2D eigenvalue weighted by Gasteiger charge is 2.14. The molecule has 2 rings (SSSR count). The second-order valence-electron chi connectivity index (χ2n) is 5.64. The number of nitrogens with one attached hydrogen (secondary N) is 1. The molecule has 0 saturated carbocycles. The van der Waals surface area contributed by atoms with Crippen molar-refractivity contribution in [1.29, 1.82) is 0 Å². The van der Waals surface area contributed by atoms with E-state index in [9.17, 15) is 4.79 Å². The number of carbonyl (C=O) groups excluding carboxylic acids is 1. The van der Waals surface area contributed by atoms with Crippen molar-refractivity contribution in [2.75, 3.05) is 38.5 Å². The minimum Gasteiger partial charge on any atom is -0.325 e. The van der Waals surface area contributed by atoms with Gasteiger partial charge in [0.1, 0.15) is 0 Å². The molecule has 1 saturated heterocycles. The Morgan fingerprint density at radius 2 is 1.86 bits per heavy atom. The summed E-state index contributed by atoms with van der Waals surface area (Å²) < 4.78 is 0. The SMILES string of the molecule is CCC(Br)C(=O)Nc1ccc(CN2CCN(C)CC2)cc1. The van der Waals surface area contributed by atoms with Gasteiger partial charge in [-0.2, -0.15) is 0 Å². The van der Waals surface area contributed by atoms with Gasteiger partial charge in [0, 0.05) is 38.4 Å². The van der Waals surface area contributed by atoms with Crippen molar-refractivity contribution in [3.63, 3.8) is 0 Å². The summed E-state index contributed by atoms with van der Waals surface area (Å²) in [5, 5.41) is 2.92. The number of anilines is 1. The number of hydrogen-bond acceptors (Lipinski definition) is 3. The van der Waals surface area contributed by atoms with Crippen molar-refractivity contribution in [2.24, 2.45) is 0 Å². The maximum absolute atomic E-state index is 11.8. The molecule has 0 aliphatic carbocycles. The van der Waals surface area contributed by atoms with Gasteiger partial charge in [-0.15, -0.1) is 0 Å².